The summed E-state index contributed by atoms with van der Waals surface area (Å²) in [6.45, 7) is 0. The maximum atomic E-state index is 11.2. The molecule has 0 fully saturated rings. The molecule has 1 heterocycles. The molecular formula is C6H6N4O4S. The Labute approximate surface area is 87.2 Å². The SMILES string of the molecule is NC(=O)NNC(=O)c1ccc([N+](=O)[O-])s1. The van der Waals surface area contributed by atoms with Crippen molar-refractivity contribution in [2.75, 3.05) is 0 Å². The number of nitrogens with two attached hydrogens (primary N) is 1. The van der Waals surface area contributed by atoms with Crippen LogP contribution in [0.2, 0.25) is 0 Å². The summed E-state index contributed by atoms with van der Waals surface area (Å²) in [7, 11) is 0. The van der Waals surface area contributed by atoms with E-state index in [0.29, 0.717) is 11.3 Å². The van der Waals surface area contributed by atoms with Crippen LogP contribution in [0.3, 0.4) is 0 Å². The highest BCUT2D eigenvalue weighted by Crippen LogP contribution is 2.23. The molecule has 15 heavy (non-hydrogen) atoms. The number of hydrogen-bond acceptors (Lipinski definition) is 5. The summed E-state index contributed by atoms with van der Waals surface area (Å²) < 4.78 is 0. The Kier molecular flexibility index (Phi) is 3.18. The van der Waals surface area contributed by atoms with Crippen LogP contribution in [0.15, 0.2) is 12.1 Å². The van der Waals surface area contributed by atoms with Crippen LogP contribution in [-0.2, 0) is 0 Å². The molecule has 0 atom stereocenters. The van der Waals surface area contributed by atoms with Crippen molar-refractivity contribution in [3.63, 3.8) is 0 Å². The molecule has 4 N–H and O–H groups in total. The Balaban J connectivity index is 2.66. The number of urea groups is 1. The monoisotopic (exact) mass is 230 g/mol. The molecule has 0 unspecified atom stereocenters. The molecule has 1 aromatic rings. The van der Waals surface area contributed by atoms with Gasteiger partial charge >= 0.3 is 11.0 Å². The van der Waals surface area contributed by atoms with Crippen molar-refractivity contribution in [3.05, 3.63) is 27.1 Å². The third-order valence-electron chi connectivity index (χ3n) is 1.29. The molecule has 0 spiro atoms. The van der Waals surface area contributed by atoms with Gasteiger partial charge in [-0.3, -0.25) is 20.3 Å². The fourth-order valence-electron chi connectivity index (χ4n) is 0.728. The van der Waals surface area contributed by atoms with E-state index in [0.717, 1.165) is 0 Å². The van der Waals surface area contributed by atoms with E-state index in [2.05, 4.69) is 0 Å². The average molecular weight is 230 g/mol. The molecule has 0 aliphatic heterocycles. The van der Waals surface area contributed by atoms with Crippen molar-refractivity contribution >= 4 is 28.3 Å². The van der Waals surface area contributed by atoms with Crippen molar-refractivity contribution in [1.82, 2.24) is 10.9 Å². The summed E-state index contributed by atoms with van der Waals surface area (Å²) in [6.07, 6.45) is 0. The summed E-state index contributed by atoms with van der Waals surface area (Å²) in [5.41, 5.74) is 8.54. The maximum absolute atomic E-state index is 11.2. The van der Waals surface area contributed by atoms with Gasteiger partial charge in [0, 0.05) is 6.07 Å². The van der Waals surface area contributed by atoms with E-state index >= 15 is 0 Å². The third-order valence-corrected chi connectivity index (χ3v) is 2.33. The molecular weight excluding hydrogens is 224 g/mol. The van der Waals surface area contributed by atoms with Gasteiger partial charge in [0.15, 0.2) is 0 Å². The number of primary amides is 1. The van der Waals surface area contributed by atoms with Gasteiger partial charge in [0.05, 0.1) is 4.92 Å². The van der Waals surface area contributed by atoms with Gasteiger partial charge < -0.3 is 5.73 Å². The second-order valence-corrected chi connectivity index (χ2v) is 3.40. The lowest BCUT2D eigenvalue weighted by molar-refractivity contribution is -0.380. The number of carbonyl (C=O) groups excluding carboxylic acids is 2. The van der Waals surface area contributed by atoms with Crippen molar-refractivity contribution in [1.29, 1.82) is 0 Å². The molecule has 3 amide bonds. The van der Waals surface area contributed by atoms with Gasteiger partial charge in [0.1, 0.15) is 4.88 Å². The van der Waals surface area contributed by atoms with Gasteiger partial charge in [0.25, 0.3) is 5.91 Å². The van der Waals surface area contributed by atoms with Crippen molar-refractivity contribution in [3.8, 4) is 0 Å². The summed E-state index contributed by atoms with van der Waals surface area (Å²) in [6, 6.07) is 1.55. The summed E-state index contributed by atoms with van der Waals surface area (Å²) in [4.78, 5) is 31.2. The predicted molar refractivity (Wildman–Crippen MR) is 51.2 cm³/mol. The van der Waals surface area contributed by atoms with Crippen molar-refractivity contribution in [2.24, 2.45) is 5.73 Å². The standard InChI is InChI=1S/C6H6N4O4S/c7-6(12)9-8-5(11)3-1-2-4(15-3)10(13)14/h1-2H,(H,8,11)(H3,7,9,12). The molecule has 9 heteroatoms. The number of nitro groups is 1. The van der Waals surface area contributed by atoms with Gasteiger partial charge in [-0.05, 0) is 6.07 Å². The van der Waals surface area contributed by atoms with Crippen LogP contribution >= 0.6 is 11.3 Å². The maximum Gasteiger partial charge on any atom is 0.330 e. The summed E-state index contributed by atoms with van der Waals surface area (Å²) in [5, 5.41) is 10.1. The van der Waals surface area contributed by atoms with Crippen LogP contribution in [0.25, 0.3) is 0 Å². The summed E-state index contributed by atoms with van der Waals surface area (Å²) in [5.74, 6) is -0.660. The van der Waals surface area contributed by atoms with E-state index < -0.39 is 16.9 Å². The lowest BCUT2D eigenvalue weighted by atomic mass is 10.4. The van der Waals surface area contributed by atoms with Gasteiger partial charge in [-0.15, -0.1) is 0 Å². The highest BCUT2D eigenvalue weighted by Gasteiger charge is 2.14. The fourth-order valence-corrected chi connectivity index (χ4v) is 1.44. The Morgan fingerprint density at radius 1 is 1.40 bits per heavy atom. The molecule has 80 valence electrons. The summed E-state index contributed by atoms with van der Waals surface area (Å²) >= 11 is 0.698. The highest BCUT2D eigenvalue weighted by atomic mass is 32.1. The number of hydrazine groups is 1. The van der Waals surface area contributed by atoms with Crippen LogP contribution in [0.4, 0.5) is 9.80 Å². The first-order valence-corrected chi connectivity index (χ1v) is 4.42. The second kappa shape index (κ2) is 4.37. The minimum Gasteiger partial charge on any atom is -0.350 e. The Hall–Kier alpha value is -2.16. The van der Waals surface area contributed by atoms with E-state index in [-0.39, 0.29) is 9.88 Å². The van der Waals surface area contributed by atoms with Crippen LogP contribution in [0, 0.1) is 10.1 Å². The van der Waals surface area contributed by atoms with Crippen LogP contribution in [0.5, 0.6) is 0 Å². The zero-order valence-electron chi connectivity index (χ0n) is 7.22. The van der Waals surface area contributed by atoms with Gasteiger partial charge in [-0.1, -0.05) is 11.3 Å². The van der Waals surface area contributed by atoms with E-state index in [1.165, 1.54) is 12.1 Å². The molecule has 0 saturated heterocycles. The molecule has 0 saturated carbocycles. The largest absolute Gasteiger partial charge is 0.350 e. The highest BCUT2D eigenvalue weighted by molar-refractivity contribution is 7.17. The number of nitrogens with one attached hydrogen (secondary N) is 2. The molecule has 0 aliphatic rings. The average Bonchev–Trinajstić information content (AvgIpc) is 2.62. The number of hydrogen-bond donors (Lipinski definition) is 3. The topological polar surface area (TPSA) is 127 Å². The zero-order valence-corrected chi connectivity index (χ0v) is 8.04. The first kappa shape index (κ1) is 10.9. The fraction of sp³-hybridized carbons (Fsp3) is 0. The van der Waals surface area contributed by atoms with E-state index in [1.54, 1.807) is 0 Å². The number of rotatable bonds is 2. The van der Waals surface area contributed by atoms with E-state index in [9.17, 15) is 19.7 Å². The molecule has 0 aliphatic carbocycles. The van der Waals surface area contributed by atoms with Crippen molar-refractivity contribution < 1.29 is 14.5 Å². The smallest absolute Gasteiger partial charge is 0.330 e. The van der Waals surface area contributed by atoms with E-state index in [1.807, 2.05) is 10.9 Å². The Morgan fingerprint density at radius 3 is 2.53 bits per heavy atom. The predicted octanol–water partition coefficient (Wildman–Crippen LogP) is -0.0306. The van der Waals surface area contributed by atoms with Crippen LogP contribution in [0.1, 0.15) is 9.67 Å². The van der Waals surface area contributed by atoms with Gasteiger partial charge in [0.2, 0.25) is 0 Å². The number of thiophene rings is 1. The molecule has 0 bridgehead atoms. The van der Waals surface area contributed by atoms with Crippen LogP contribution in [-0.4, -0.2) is 16.9 Å². The second-order valence-electron chi connectivity index (χ2n) is 2.34. The number of amides is 3. The molecule has 8 nitrogen and oxygen atoms in total. The van der Waals surface area contributed by atoms with Crippen LogP contribution < -0.4 is 16.6 Å². The Morgan fingerprint density at radius 2 is 2.07 bits per heavy atom. The minimum absolute atomic E-state index is 0.107. The number of nitrogens with zero attached hydrogens (tertiary/aromatic N) is 1. The minimum atomic E-state index is -0.922. The third kappa shape index (κ3) is 2.91. The van der Waals surface area contributed by atoms with Gasteiger partial charge in [-0.25, -0.2) is 10.2 Å². The molecule has 1 aromatic heterocycles. The first-order valence-electron chi connectivity index (χ1n) is 3.60. The lowest BCUT2D eigenvalue weighted by Crippen LogP contribution is -2.44. The lowest BCUT2D eigenvalue weighted by Gasteiger charge is -2.00. The van der Waals surface area contributed by atoms with Crippen molar-refractivity contribution in [2.45, 2.75) is 0 Å². The van der Waals surface area contributed by atoms with E-state index in [4.69, 9.17) is 5.73 Å². The normalized spacial score (nSPS) is 9.33. The Bertz CT molecular complexity index is 415. The molecule has 0 aromatic carbocycles. The zero-order chi connectivity index (χ0) is 11.4. The first-order chi connectivity index (χ1) is 7.00. The van der Waals surface area contributed by atoms with Gasteiger partial charge in [-0.2, -0.15) is 0 Å². The molecule has 0 radical (unpaired) electrons. The number of carbonyl (C=O) groups is 2. The quantitative estimate of drug-likeness (QED) is 0.486. The molecule has 1 rings (SSSR count).